The predicted octanol–water partition coefficient (Wildman–Crippen LogP) is 5.08. The van der Waals surface area contributed by atoms with Gasteiger partial charge in [-0.15, -0.1) is 11.3 Å². The number of sulfonamides is 1. The molecule has 5 unspecified atom stereocenters. The van der Waals surface area contributed by atoms with Crippen LogP contribution in [0.25, 0.3) is 21.6 Å². The average Bonchev–Trinajstić information content (AvgIpc) is 3.98. The fourth-order valence-corrected chi connectivity index (χ4v) is 9.62. The Morgan fingerprint density at radius 1 is 1.13 bits per heavy atom. The topological polar surface area (TPSA) is 157 Å². The zero-order valence-corrected chi connectivity index (χ0v) is 31.3. The minimum absolute atomic E-state index is 0.0245. The molecule has 0 bridgehead atoms. The Balaban J connectivity index is 1.21. The third-order valence-corrected chi connectivity index (χ3v) is 13.4. The molecule has 1 aromatic carbocycles. The van der Waals surface area contributed by atoms with Gasteiger partial charge < -0.3 is 19.7 Å². The van der Waals surface area contributed by atoms with Gasteiger partial charge in [-0.1, -0.05) is 26.0 Å². The maximum Gasteiger partial charge on any atom is 0.259 e. The van der Waals surface area contributed by atoms with Crippen LogP contribution in [0.1, 0.15) is 76.8 Å². The molecule has 12 nitrogen and oxygen atoms in total. The standard InChI is InChI=1S/C37H44FN5O7S2/c1-20(2)28-19-51-34(40-28)27-17-30(24-12-13-29(49-4)31(38)32(24)39-27)50-22-15-25-26(16-22)35(45)43(3)14-8-6-5-7-9-21-18-37(21,41-33(25)44)36(46)42-52(47,48)23-10-11-23/h7,9,12-13,17,19-23,25-26H,5-6,8,10-11,14-16,18H2,1-4H3,(H,41,44)(H,42,46)/b9-7+. The van der Waals surface area contributed by atoms with Crippen LogP contribution in [-0.2, 0) is 24.4 Å². The minimum atomic E-state index is -3.85. The Morgan fingerprint density at radius 3 is 2.62 bits per heavy atom. The van der Waals surface area contributed by atoms with Gasteiger partial charge in [-0.05, 0) is 69.4 Å². The number of benzene rings is 1. The smallest absolute Gasteiger partial charge is 0.259 e. The molecule has 3 aliphatic carbocycles. The summed E-state index contributed by atoms with van der Waals surface area (Å²) in [5, 5.41) is 5.24. The van der Waals surface area contributed by atoms with Crippen LogP contribution in [0.15, 0.2) is 35.7 Å². The summed E-state index contributed by atoms with van der Waals surface area (Å²) in [7, 11) is -0.753. The zero-order valence-electron chi connectivity index (χ0n) is 29.7. The van der Waals surface area contributed by atoms with Crippen LogP contribution in [0.3, 0.4) is 0 Å². The van der Waals surface area contributed by atoms with Crippen molar-refractivity contribution in [1.29, 1.82) is 0 Å². The number of carbonyl (C=O) groups excluding carboxylic acids is 3. The highest BCUT2D eigenvalue weighted by Crippen LogP contribution is 2.47. The summed E-state index contributed by atoms with van der Waals surface area (Å²) in [6.45, 7) is 4.58. The number of pyridine rings is 1. The molecule has 4 aliphatic rings. The maximum atomic E-state index is 15.7. The average molecular weight is 754 g/mol. The molecule has 1 aliphatic heterocycles. The lowest BCUT2D eigenvalue weighted by molar-refractivity contribution is -0.140. The van der Waals surface area contributed by atoms with Crippen molar-refractivity contribution in [1.82, 2.24) is 24.9 Å². The van der Waals surface area contributed by atoms with E-state index in [9.17, 15) is 22.8 Å². The number of carbonyl (C=O) groups is 3. The van der Waals surface area contributed by atoms with Gasteiger partial charge in [0.15, 0.2) is 11.6 Å². The van der Waals surface area contributed by atoms with Crippen LogP contribution < -0.4 is 19.5 Å². The van der Waals surface area contributed by atoms with Crippen LogP contribution >= 0.6 is 11.3 Å². The van der Waals surface area contributed by atoms with E-state index in [-0.39, 0.29) is 48.3 Å². The number of aromatic nitrogens is 2. The highest BCUT2D eigenvalue weighted by Gasteiger charge is 2.62. The maximum absolute atomic E-state index is 15.7. The molecular formula is C37H44FN5O7S2. The van der Waals surface area contributed by atoms with Crippen molar-refractivity contribution in [3.8, 4) is 22.2 Å². The summed E-state index contributed by atoms with van der Waals surface area (Å²) in [6.07, 6.45) is 7.08. The number of hydrogen-bond donors (Lipinski definition) is 2. The molecular weight excluding hydrogens is 710 g/mol. The number of nitrogens with one attached hydrogen (secondary N) is 2. The van der Waals surface area contributed by atoms with Crippen molar-refractivity contribution < 1.29 is 36.7 Å². The lowest BCUT2D eigenvalue weighted by atomic mass is 9.93. The van der Waals surface area contributed by atoms with E-state index in [1.165, 1.54) is 24.5 Å². The first-order valence-corrected chi connectivity index (χ1v) is 20.3. The first kappa shape index (κ1) is 36.3. The summed E-state index contributed by atoms with van der Waals surface area (Å²) in [4.78, 5) is 52.8. The van der Waals surface area contributed by atoms with Crippen molar-refractivity contribution >= 4 is 50.0 Å². The molecule has 3 saturated carbocycles. The molecule has 15 heteroatoms. The number of ether oxygens (including phenoxy) is 2. The van der Waals surface area contributed by atoms with Crippen molar-refractivity contribution in [2.75, 3.05) is 20.7 Å². The molecule has 0 saturated heterocycles. The second kappa shape index (κ2) is 14.0. The second-order valence-corrected chi connectivity index (χ2v) is 17.6. The molecule has 3 heterocycles. The van der Waals surface area contributed by atoms with E-state index in [0.717, 1.165) is 25.0 Å². The molecule has 0 spiro atoms. The Labute approximate surface area is 306 Å². The van der Waals surface area contributed by atoms with Gasteiger partial charge in [-0.25, -0.2) is 22.8 Å². The zero-order chi connectivity index (χ0) is 36.9. The highest BCUT2D eigenvalue weighted by molar-refractivity contribution is 7.91. The largest absolute Gasteiger partial charge is 0.494 e. The third-order valence-electron chi connectivity index (χ3n) is 10.7. The Morgan fingerprint density at radius 2 is 1.90 bits per heavy atom. The lowest BCUT2D eigenvalue weighted by Gasteiger charge is -2.26. The first-order valence-electron chi connectivity index (χ1n) is 17.9. The summed E-state index contributed by atoms with van der Waals surface area (Å²) in [5.74, 6) is -3.60. The van der Waals surface area contributed by atoms with Crippen LogP contribution in [0.5, 0.6) is 11.5 Å². The van der Waals surface area contributed by atoms with Crippen molar-refractivity contribution in [2.45, 2.75) is 88.0 Å². The number of nitrogens with zero attached hydrogens (tertiary/aromatic N) is 3. The first-order chi connectivity index (χ1) is 24.8. The lowest BCUT2D eigenvalue weighted by Crippen LogP contribution is -2.54. The number of thiazole rings is 1. The van der Waals surface area contributed by atoms with Gasteiger partial charge >= 0.3 is 0 Å². The number of methoxy groups -OCH3 is 1. The van der Waals surface area contributed by atoms with Crippen LogP contribution in [-0.4, -0.2) is 78.6 Å². The summed E-state index contributed by atoms with van der Waals surface area (Å²) in [6, 6.07) is 4.88. The number of halogens is 1. The number of hydrogen-bond acceptors (Lipinski definition) is 10. The molecule has 5 atom stereocenters. The van der Waals surface area contributed by atoms with Gasteiger partial charge in [0.2, 0.25) is 21.8 Å². The summed E-state index contributed by atoms with van der Waals surface area (Å²) < 4.78 is 55.3. The Kier molecular flexibility index (Phi) is 9.78. The number of allylic oxidation sites excluding steroid dienone is 1. The van der Waals surface area contributed by atoms with E-state index in [1.807, 2.05) is 31.4 Å². The summed E-state index contributed by atoms with van der Waals surface area (Å²) >= 11 is 1.39. The normalized spacial score (nSPS) is 27.4. The van der Waals surface area contributed by atoms with E-state index < -0.39 is 56.4 Å². The molecule has 7 rings (SSSR count). The molecule has 52 heavy (non-hydrogen) atoms. The van der Waals surface area contributed by atoms with Crippen molar-refractivity contribution in [3.05, 3.63) is 47.2 Å². The number of fused-ring (bicyclic) bond motifs is 3. The Hall–Kier alpha value is -4.11. The van der Waals surface area contributed by atoms with E-state index >= 15 is 4.39 Å². The van der Waals surface area contributed by atoms with Crippen LogP contribution in [0, 0.1) is 23.6 Å². The molecule has 0 radical (unpaired) electrons. The highest BCUT2D eigenvalue weighted by atomic mass is 32.2. The molecule has 3 fully saturated rings. The van der Waals surface area contributed by atoms with Gasteiger partial charge in [-0.2, -0.15) is 0 Å². The van der Waals surface area contributed by atoms with E-state index in [2.05, 4.69) is 15.0 Å². The Bertz CT molecular complexity index is 2050. The van der Waals surface area contributed by atoms with Crippen molar-refractivity contribution in [3.63, 3.8) is 0 Å². The number of amides is 3. The number of rotatable bonds is 8. The quantitative estimate of drug-likeness (QED) is 0.300. The minimum Gasteiger partial charge on any atom is -0.494 e. The van der Waals surface area contributed by atoms with E-state index in [0.29, 0.717) is 41.2 Å². The van der Waals surface area contributed by atoms with Gasteiger partial charge in [0.25, 0.3) is 5.91 Å². The predicted molar refractivity (Wildman–Crippen MR) is 194 cm³/mol. The SMILES string of the molecule is COc1ccc2c(OC3CC4C(=O)NC5(C(=O)NS(=O)(=O)C6CC6)CC5/C=C/CCCCN(C)C(=O)C4C3)cc(-c3nc(C(C)C)cs3)nc2c1F. The molecule has 278 valence electrons. The van der Waals surface area contributed by atoms with Crippen LogP contribution in [0.2, 0.25) is 0 Å². The fraction of sp³-hybridized carbons (Fsp3) is 0.541. The van der Waals surface area contributed by atoms with Gasteiger partial charge in [0.1, 0.15) is 33.6 Å². The summed E-state index contributed by atoms with van der Waals surface area (Å²) in [5.41, 5.74) is -0.0992. The van der Waals surface area contributed by atoms with Crippen LogP contribution in [0.4, 0.5) is 4.39 Å². The molecule has 2 aromatic heterocycles. The second-order valence-electron chi connectivity index (χ2n) is 14.8. The third kappa shape index (κ3) is 7.01. The molecule has 3 aromatic rings. The van der Waals surface area contributed by atoms with Gasteiger partial charge in [0, 0.05) is 36.3 Å². The monoisotopic (exact) mass is 753 g/mol. The van der Waals surface area contributed by atoms with Crippen molar-refractivity contribution in [2.24, 2.45) is 17.8 Å². The molecule has 3 amide bonds. The van der Waals surface area contributed by atoms with E-state index in [1.54, 1.807) is 24.1 Å². The van der Waals surface area contributed by atoms with Gasteiger partial charge in [0.05, 0.1) is 29.9 Å². The molecule has 2 N–H and O–H groups in total. The fourth-order valence-electron chi connectivity index (χ4n) is 7.31. The van der Waals surface area contributed by atoms with Gasteiger partial charge in [-0.3, -0.25) is 19.1 Å². The van der Waals surface area contributed by atoms with E-state index in [4.69, 9.17) is 14.5 Å².